The van der Waals surface area contributed by atoms with E-state index in [1.54, 1.807) is 12.1 Å². The van der Waals surface area contributed by atoms with Gasteiger partial charge in [-0.05, 0) is 0 Å². The molecule has 0 amide bonds. The molecule has 0 aliphatic carbocycles. The number of nitro groups is 1. The number of nitro benzene ring substituents is 1. The molecule has 0 aromatic heterocycles. The fraction of sp³-hybridized carbons (Fsp3) is 0. The quantitative estimate of drug-likeness (QED) is 0.438. The van der Waals surface area contributed by atoms with Crippen molar-refractivity contribution in [1.82, 2.24) is 0 Å². The molecule has 0 aliphatic rings. The van der Waals surface area contributed by atoms with E-state index < -0.39 is 4.92 Å². The Labute approximate surface area is 80.6 Å². The third kappa shape index (κ3) is 2.04. The second-order valence-electron chi connectivity index (χ2n) is 1.89. The Morgan fingerprint density at radius 2 is 2.18 bits per heavy atom. The molecule has 3 nitrogen and oxygen atoms in total. The van der Waals surface area contributed by atoms with Crippen molar-refractivity contribution in [3.8, 4) is 0 Å². The summed E-state index contributed by atoms with van der Waals surface area (Å²) in [5.41, 5.74) is 0.124. The molecule has 2 radical (unpaired) electrons. The van der Waals surface area contributed by atoms with Crippen molar-refractivity contribution in [3.05, 3.63) is 32.8 Å². The monoisotopic (exact) mass is 275 g/mol. The standard InChI is InChI=1S/C6H3AsBrNO2/c7-5-2-1-4(8)3-6(5)9(10)11/h1-3H. The number of benzene rings is 1. The maximum absolute atomic E-state index is 10.3. The van der Waals surface area contributed by atoms with E-state index in [0.717, 1.165) is 4.47 Å². The van der Waals surface area contributed by atoms with E-state index in [0.29, 0.717) is 4.35 Å². The van der Waals surface area contributed by atoms with Crippen LogP contribution in [0.5, 0.6) is 0 Å². The molecular weight excluding hydrogens is 273 g/mol. The minimum absolute atomic E-state index is 0.124. The van der Waals surface area contributed by atoms with Crippen molar-refractivity contribution in [2.24, 2.45) is 0 Å². The number of halogens is 1. The van der Waals surface area contributed by atoms with Gasteiger partial charge in [0, 0.05) is 0 Å². The van der Waals surface area contributed by atoms with E-state index in [4.69, 9.17) is 0 Å². The first-order valence-electron chi connectivity index (χ1n) is 2.74. The van der Waals surface area contributed by atoms with Crippen LogP contribution in [-0.2, 0) is 0 Å². The Kier molecular flexibility index (Phi) is 2.68. The Morgan fingerprint density at radius 1 is 1.55 bits per heavy atom. The van der Waals surface area contributed by atoms with E-state index in [1.807, 2.05) is 0 Å². The Bertz CT molecular complexity index is 303. The molecule has 0 atom stereocenters. The molecule has 0 unspecified atom stereocenters. The molecule has 1 aromatic rings. The number of hydrogen-bond acceptors (Lipinski definition) is 2. The fourth-order valence-corrected chi connectivity index (χ4v) is 1.45. The average Bonchev–Trinajstić information content (AvgIpc) is 1.94. The van der Waals surface area contributed by atoms with Gasteiger partial charge in [-0.25, -0.2) is 0 Å². The molecule has 0 bridgehead atoms. The van der Waals surface area contributed by atoms with Crippen molar-refractivity contribution < 1.29 is 4.92 Å². The summed E-state index contributed by atoms with van der Waals surface area (Å²) in [5.74, 6) is 0. The van der Waals surface area contributed by atoms with Crippen LogP contribution in [0.2, 0.25) is 0 Å². The van der Waals surface area contributed by atoms with E-state index in [2.05, 4.69) is 32.8 Å². The fourth-order valence-electron chi connectivity index (χ4n) is 0.643. The molecule has 0 spiro atoms. The molecule has 0 heterocycles. The topological polar surface area (TPSA) is 43.1 Å². The summed E-state index contributed by atoms with van der Waals surface area (Å²) < 4.78 is 1.34. The van der Waals surface area contributed by atoms with Crippen LogP contribution >= 0.6 is 15.9 Å². The van der Waals surface area contributed by atoms with E-state index in [1.165, 1.54) is 6.07 Å². The molecular formula is C6H3AsBrNO2. The van der Waals surface area contributed by atoms with Gasteiger partial charge in [0.05, 0.1) is 0 Å². The van der Waals surface area contributed by atoms with Gasteiger partial charge in [0.1, 0.15) is 0 Å². The van der Waals surface area contributed by atoms with Gasteiger partial charge in [-0.1, -0.05) is 0 Å². The van der Waals surface area contributed by atoms with E-state index in [9.17, 15) is 10.1 Å². The second kappa shape index (κ2) is 3.37. The van der Waals surface area contributed by atoms with Gasteiger partial charge in [0.25, 0.3) is 0 Å². The summed E-state index contributed by atoms with van der Waals surface area (Å²) in [6, 6.07) is 4.93. The zero-order valence-electron chi connectivity index (χ0n) is 5.32. The van der Waals surface area contributed by atoms with Crippen molar-refractivity contribution >= 4 is 42.8 Å². The number of rotatable bonds is 1. The number of hydrogen-bond donors (Lipinski definition) is 0. The molecule has 0 aliphatic heterocycles. The summed E-state index contributed by atoms with van der Waals surface area (Å²) in [5, 5.41) is 10.3. The normalized spacial score (nSPS) is 9.64. The van der Waals surface area contributed by atoms with Crippen LogP contribution in [0.3, 0.4) is 0 Å². The van der Waals surface area contributed by atoms with Crippen LogP contribution in [0.1, 0.15) is 0 Å². The summed E-state index contributed by atoms with van der Waals surface area (Å²) >= 11 is 5.32. The van der Waals surface area contributed by atoms with Gasteiger partial charge in [-0.15, -0.1) is 0 Å². The van der Waals surface area contributed by atoms with Crippen LogP contribution in [0, 0.1) is 10.1 Å². The number of nitrogens with zero attached hydrogens (tertiary/aromatic N) is 1. The Hall–Kier alpha value is -0.342. The first-order chi connectivity index (χ1) is 5.11. The summed E-state index contributed by atoms with van der Waals surface area (Å²) in [4.78, 5) is 9.94. The molecule has 5 heteroatoms. The predicted molar refractivity (Wildman–Crippen MR) is 46.2 cm³/mol. The second-order valence-corrected chi connectivity index (χ2v) is 3.82. The van der Waals surface area contributed by atoms with Crippen molar-refractivity contribution in [1.29, 1.82) is 0 Å². The third-order valence-electron chi connectivity index (χ3n) is 1.13. The molecule has 0 fully saturated rings. The van der Waals surface area contributed by atoms with Crippen LogP contribution < -0.4 is 4.35 Å². The zero-order valence-corrected chi connectivity index (χ0v) is 8.78. The summed E-state index contributed by atoms with van der Waals surface area (Å²) in [6.07, 6.45) is 0. The first kappa shape index (κ1) is 8.75. The van der Waals surface area contributed by atoms with Crippen LogP contribution in [-0.4, -0.2) is 21.8 Å². The molecule has 11 heavy (non-hydrogen) atoms. The molecule has 56 valence electrons. The molecule has 0 saturated carbocycles. The van der Waals surface area contributed by atoms with Crippen LogP contribution in [0.4, 0.5) is 5.69 Å². The van der Waals surface area contributed by atoms with Gasteiger partial charge in [-0.3, -0.25) is 0 Å². The van der Waals surface area contributed by atoms with E-state index in [-0.39, 0.29) is 5.69 Å². The SMILES string of the molecule is O=[N+]([O-])c1cc(Br)ccc1[As]. The van der Waals surface area contributed by atoms with Gasteiger partial charge in [0.2, 0.25) is 0 Å². The van der Waals surface area contributed by atoms with E-state index >= 15 is 0 Å². The molecule has 1 rings (SSSR count). The Morgan fingerprint density at radius 3 is 2.64 bits per heavy atom. The van der Waals surface area contributed by atoms with Crippen molar-refractivity contribution in [2.75, 3.05) is 0 Å². The first-order valence-corrected chi connectivity index (χ1v) is 4.47. The van der Waals surface area contributed by atoms with Gasteiger partial charge < -0.3 is 0 Å². The van der Waals surface area contributed by atoms with Crippen molar-refractivity contribution in [2.45, 2.75) is 0 Å². The third-order valence-corrected chi connectivity index (χ3v) is 2.42. The van der Waals surface area contributed by atoms with Gasteiger partial charge in [-0.2, -0.15) is 0 Å². The summed E-state index contributed by atoms with van der Waals surface area (Å²) in [7, 11) is 0. The average molecular weight is 276 g/mol. The molecule has 0 saturated heterocycles. The van der Waals surface area contributed by atoms with Gasteiger partial charge in [0.15, 0.2) is 0 Å². The molecule has 0 N–H and O–H groups in total. The van der Waals surface area contributed by atoms with Crippen LogP contribution in [0.15, 0.2) is 22.7 Å². The Balaban J connectivity index is 3.23. The van der Waals surface area contributed by atoms with Crippen molar-refractivity contribution in [3.63, 3.8) is 0 Å². The maximum atomic E-state index is 10.3. The van der Waals surface area contributed by atoms with Gasteiger partial charge >= 0.3 is 80.5 Å². The van der Waals surface area contributed by atoms with Crippen LogP contribution in [0.25, 0.3) is 0 Å². The molecule has 1 aromatic carbocycles. The summed E-state index contributed by atoms with van der Waals surface area (Å²) in [6.45, 7) is 0. The minimum atomic E-state index is -0.404. The predicted octanol–water partition coefficient (Wildman–Crippen LogP) is 1.15. The zero-order chi connectivity index (χ0) is 8.43.